The normalized spacial score (nSPS) is 26.9. The van der Waals surface area contributed by atoms with Crippen molar-refractivity contribution in [3.63, 3.8) is 0 Å². The molecule has 1 amide bonds. The average Bonchev–Trinajstić information content (AvgIpc) is 3.37. The van der Waals surface area contributed by atoms with E-state index in [1.165, 1.54) is 27.8 Å². The zero-order chi connectivity index (χ0) is 24.5. The van der Waals surface area contributed by atoms with Crippen molar-refractivity contribution in [1.82, 2.24) is 4.90 Å². The van der Waals surface area contributed by atoms with Crippen molar-refractivity contribution in [1.29, 1.82) is 0 Å². The van der Waals surface area contributed by atoms with Crippen LogP contribution in [0, 0.1) is 5.92 Å². The molecule has 37 heavy (non-hydrogen) atoms. The summed E-state index contributed by atoms with van der Waals surface area (Å²) in [6, 6.07) is 28.3. The molecule has 4 atom stereocenters. The molecule has 2 N–H and O–H groups in total. The predicted molar refractivity (Wildman–Crippen MR) is 142 cm³/mol. The predicted octanol–water partition coefficient (Wildman–Crippen LogP) is 1.36. The molecule has 2 fully saturated rings. The largest absolute Gasteiger partial charge is 1.00 e. The zero-order valence-electron chi connectivity index (χ0n) is 21.6. The molecule has 0 unspecified atom stereocenters. The van der Waals surface area contributed by atoms with Gasteiger partial charge in [0.2, 0.25) is 5.91 Å². The fraction of sp³-hybridized carbons (Fsp3) is 0.406. The van der Waals surface area contributed by atoms with Crippen LogP contribution >= 0.6 is 0 Å². The molecule has 4 nitrogen and oxygen atoms in total. The standard InChI is InChI=1S/C32H36N2O2.ClH/c1-2-23-14-9-15-28-27(23)20-36-22-32(28)21-33-19-29(32)31(35)34-17-16-26(24-10-5-3-6-11-24)18-30(34)25-12-7-4-8-13-25;/h3-15,26,29-30,33H,2,16-22H2,1H3;1H/t26-,29+,30+,32-;/m1./s1. The number of aryl methyl sites for hydroxylation is 1. The molecule has 3 aromatic carbocycles. The summed E-state index contributed by atoms with van der Waals surface area (Å²) >= 11 is 0. The van der Waals surface area contributed by atoms with Gasteiger partial charge < -0.3 is 27.4 Å². The number of hydrogen-bond donors (Lipinski definition) is 1. The number of amides is 1. The first-order valence-electron chi connectivity index (χ1n) is 13.6. The SMILES string of the molecule is CCc1cccc2c1COC[C@]21C[NH2+]C[C@H]1C(=O)N1CC[C@@H](c2ccccc2)C[C@H]1c1ccccc1.[Cl-]. The van der Waals surface area contributed by atoms with Crippen LogP contribution < -0.4 is 17.7 Å². The van der Waals surface area contributed by atoms with E-state index in [1.54, 1.807) is 0 Å². The second kappa shape index (κ2) is 11.0. The van der Waals surface area contributed by atoms with E-state index in [0.717, 1.165) is 38.9 Å². The summed E-state index contributed by atoms with van der Waals surface area (Å²) in [6.07, 6.45) is 2.97. The van der Waals surface area contributed by atoms with E-state index in [0.29, 0.717) is 25.0 Å². The lowest BCUT2D eigenvalue weighted by Gasteiger charge is -2.44. The first-order chi connectivity index (χ1) is 17.7. The van der Waals surface area contributed by atoms with Crippen LogP contribution in [0.3, 0.4) is 0 Å². The number of piperidine rings is 1. The number of nitrogens with zero attached hydrogens (tertiary/aromatic N) is 1. The number of halogens is 1. The lowest BCUT2D eigenvalue weighted by Crippen LogP contribution is -3.00. The molecule has 0 aliphatic carbocycles. The second-order valence-corrected chi connectivity index (χ2v) is 10.8. The van der Waals surface area contributed by atoms with Crippen molar-refractivity contribution in [2.45, 2.75) is 50.2 Å². The van der Waals surface area contributed by atoms with Crippen LogP contribution in [-0.4, -0.2) is 37.0 Å². The van der Waals surface area contributed by atoms with Crippen molar-refractivity contribution >= 4 is 5.91 Å². The van der Waals surface area contributed by atoms with Gasteiger partial charge in [-0.25, -0.2) is 0 Å². The van der Waals surface area contributed by atoms with E-state index in [1.807, 2.05) is 0 Å². The molecule has 6 rings (SSSR count). The molecule has 0 saturated carbocycles. The van der Waals surface area contributed by atoms with Gasteiger partial charge in [0.1, 0.15) is 5.92 Å². The highest BCUT2D eigenvalue weighted by Crippen LogP contribution is 2.45. The van der Waals surface area contributed by atoms with E-state index in [9.17, 15) is 4.79 Å². The highest BCUT2D eigenvalue weighted by molar-refractivity contribution is 5.82. The Morgan fingerprint density at radius 1 is 1.00 bits per heavy atom. The summed E-state index contributed by atoms with van der Waals surface area (Å²) in [4.78, 5) is 16.7. The summed E-state index contributed by atoms with van der Waals surface area (Å²) in [5.41, 5.74) is 6.43. The van der Waals surface area contributed by atoms with Gasteiger partial charge in [-0.15, -0.1) is 0 Å². The number of likely N-dealkylation sites (tertiary alicyclic amines) is 1. The van der Waals surface area contributed by atoms with Gasteiger partial charge in [0, 0.05) is 6.54 Å². The van der Waals surface area contributed by atoms with Gasteiger partial charge in [0.05, 0.1) is 37.8 Å². The lowest BCUT2D eigenvalue weighted by molar-refractivity contribution is -0.640. The van der Waals surface area contributed by atoms with Crippen LogP contribution in [0.2, 0.25) is 0 Å². The molecule has 5 heteroatoms. The summed E-state index contributed by atoms with van der Waals surface area (Å²) in [5.74, 6) is 0.709. The minimum Gasteiger partial charge on any atom is -1.00 e. The Kier molecular flexibility index (Phi) is 7.71. The number of rotatable bonds is 4. The Morgan fingerprint density at radius 3 is 2.46 bits per heavy atom. The quantitative estimate of drug-likeness (QED) is 0.569. The Hall–Kier alpha value is -2.66. The lowest BCUT2D eigenvalue weighted by atomic mass is 9.68. The third-order valence-corrected chi connectivity index (χ3v) is 9.01. The van der Waals surface area contributed by atoms with Gasteiger partial charge in [-0.3, -0.25) is 4.79 Å². The Balaban J connectivity index is 0.00000280. The topological polar surface area (TPSA) is 46.1 Å². The molecular weight excluding hydrogens is 480 g/mol. The maximum atomic E-state index is 14.5. The van der Waals surface area contributed by atoms with Gasteiger partial charge in [-0.05, 0) is 53.0 Å². The van der Waals surface area contributed by atoms with Crippen LogP contribution in [0.1, 0.15) is 59.5 Å². The first kappa shape index (κ1) is 26.0. The summed E-state index contributed by atoms with van der Waals surface area (Å²) < 4.78 is 6.24. The Morgan fingerprint density at radius 2 is 1.73 bits per heavy atom. The van der Waals surface area contributed by atoms with Crippen molar-refractivity contribution in [2.24, 2.45) is 5.92 Å². The Labute approximate surface area is 226 Å². The summed E-state index contributed by atoms with van der Waals surface area (Å²) in [5, 5.41) is 2.34. The highest BCUT2D eigenvalue weighted by Gasteiger charge is 2.55. The molecule has 3 aliphatic rings. The monoisotopic (exact) mass is 516 g/mol. The van der Waals surface area contributed by atoms with Crippen molar-refractivity contribution < 1.29 is 27.3 Å². The maximum Gasteiger partial charge on any atom is 0.233 e. The molecule has 0 aromatic heterocycles. The van der Waals surface area contributed by atoms with Crippen molar-refractivity contribution in [3.05, 3.63) is 107 Å². The smallest absolute Gasteiger partial charge is 0.233 e. The molecule has 2 saturated heterocycles. The van der Waals surface area contributed by atoms with Crippen LogP contribution in [0.4, 0.5) is 0 Å². The third kappa shape index (κ3) is 4.60. The zero-order valence-corrected chi connectivity index (χ0v) is 22.4. The van der Waals surface area contributed by atoms with Gasteiger partial charge >= 0.3 is 0 Å². The molecule has 0 radical (unpaired) electrons. The minimum atomic E-state index is -0.243. The molecule has 1 spiro atoms. The molecule has 3 heterocycles. The van der Waals surface area contributed by atoms with E-state index >= 15 is 0 Å². The van der Waals surface area contributed by atoms with Crippen LogP contribution in [0.5, 0.6) is 0 Å². The highest BCUT2D eigenvalue weighted by atomic mass is 35.5. The van der Waals surface area contributed by atoms with Crippen LogP contribution in [-0.2, 0) is 28.0 Å². The van der Waals surface area contributed by atoms with E-state index in [4.69, 9.17) is 4.74 Å². The second-order valence-electron chi connectivity index (χ2n) is 10.8. The van der Waals surface area contributed by atoms with E-state index in [2.05, 4.69) is 96.0 Å². The number of hydrogen-bond acceptors (Lipinski definition) is 2. The van der Waals surface area contributed by atoms with Gasteiger partial charge in [-0.1, -0.05) is 85.8 Å². The third-order valence-electron chi connectivity index (χ3n) is 9.01. The van der Waals surface area contributed by atoms with Crippen molar-refractivity contribution in [2.75, 3.05) is 26.2 Å². The van der Waals surface area contributed by atoms with Crippen LogP contribution in [0.15, 0.2) is 78.9 Å². The summed E-state index contributed by atoms with van der Waals surface area (Å²) in [6.45, 7) is 6.06. The molecule has 0 bridgehead atoms. The number of nitrogens with two attached hydrogens (primary N) is 1. The fourth-order valence-corrected chi connectivity index (χ4v) is 7.13. The minimum absolute atomic E-state index is 0. The Bertz CT molecular complexity index is 1220. The van der Waals surface area contributed by atoms with E-state index < -0.39 is 0 Å². The number of carbonyl (C=O) groups is 1. The fourth-order valence-electron chi connectivity index (χ4n) is 7.13. The molecular formula is C32H37ClN2O2. The van der Waals surface area contributed by atoms with E-state index in [-0.39, 0.29) is 29.8 Å². The number of carbonyl (C=O) groups excluding carboxylic acids is 1. The molecule has 194 valence electrons. The van der Waals surface area contributed by atoms with Crippen molar-refractivity contribution in [3.8, 4) is 0 Å². The first-order valence-corrected chi connectivity index (χ1v) is 13.6. The molecule has 3 aromatic rings. The maximum absolute atomic E-state index is 14.5. The number of quaternary nitrogens is 1. The van der Waals surface area contributed by atoms with Gasteiger partial charge in [0.15, 0.2) is 0 Å². The summed E-state index contributed by atoms with van der Waals surface area (Å²) in [7, 11) is 0. The molecule has 3 aliphatic heterocycles. The number of ether oxygens (including phenoxy) is 1. The number of fused-ring (bicyclic) bond motifs is 2. The van der Waals surface area contributed by atoms with Crippen LogP contribution in [0.25, 0.3) is 0 Å². The van der Waals surface area contributed by atoms with Gasteiger partial charge in [-0.2, -0.15) is 0 Å². The van der Waals surface area contributed by atoms with Gasteiger partial charge in [0.25, 0.3) is 0 Å². The average molecular weight is 517 g/mol. The number of benzene rings is 3.